The van der Waals surface area contributed by atoms with Crippen LogP contribution >= 0.6 is 22.6 Å². The number of nitrogens with zero attached hydrogens (tertiary/aromatic N) is 1. The number of ether oxygens (including phenoxy) is 2. The number of amides is 1. The van der Waals surface area contributed by atoms with Crippen LogP contribution in [-0.4, -0.2) is 36.0 Å². The molecule has 1 aromatic carbocycles. The summed E-state index contributed by atoms with van der Waals surface area (Å²) in [6.07, 6.45) is 5.56. The van der Waals surface area contributed by atoms with Gasteiger partial charge in [0.1, 0.15) is 6.79 Å². The molecule has 1 fully saturated rings. The number of carboxylic acid groups (broad SMARTS) is 1. The predicted octanol–water partition coefficient (Wildman–Crippen LogP) is 5.18. The maximum absolute atomic E-state index is 12.4. The van der Waals surface area contributed by atoms with E-state index in [1.807, 2.05) is 24.3 Å². The maximum Gasteiger partial charge on any atom is 0.410 e. The fourth-order valence-electron chi connectivity index (χ4n) is 3.82. The number of benzene rings is 1. The van der Waals surface area contributed by atoms with Gasteiger partial charge in [0.25, 0.3) is 0 Å². The predicted molar refractivity (Wildman–Crippen MR) is 105 cm³/mol. The van der Waals surface area contributed by atoms with Gasteiger partial charge in [-0.25, -0.2) is 4.79 Å². The Morgan fingerprint density at radius 2 is 2.00 bits per heavy atom. The molecule has 25 heavy (non-hydrogen) atoms. The van der Waals surface area contributed by atoms with Crippen LogP contribution in [0.4, 0.5) is 4.79 Å². The zero-order valence-electron chi connectivity index (χ0n) is 15.0. The Morgan fingerprint density at radius 3 is 2.56 bits per heavy atom. The first-order valence-corrected chi connectivity index (χ1v) is 10.0. The van der Waals surface area contributed by atoms with Crippen molar-refractivity contribution < 1.29 is 19.4 Å². The van der Waals surface area contributed by atoms with Crippen molar-refractivity contribution in [3.63, 3.8) is 0 Å². The van der Waals surface area contributed by atoms with E-state index in [4.69, 9.17) is 9.47 Å². The fourth-order valence-corrected chi connectivity index (χ4v) is 4.63. The molecule has 0 saturated heterocycles. The highest BCUT2D eigenvalue weighted by Gasteiger charge is 2.47. The number of methoxy groups -OCH3 is 1. The fraction of sp³-hybridized carbons (Fsp3) is 0.632. The highest BCUT2D eigenvalue weighted by atomic mass is 127. The first kappa shape index (κ1) is 20.5. The molecule has 140 valence electrons. The largest absolute Gasteiger partial charge is 0.465 e. The van der Waals surface area contributed by atoms with Crippen molar-refractivity contribution >= 4 is 28.7 Å². The molecule has 1 aliphatic rings. The molecule has 0 spiro atoms. The first-order chi connectivity index (χ1) is 12.1. The van der Waals surface area contributed by atoms with Crippen LogP contribution in [0.15, 0.2) is 24.3 Å². The minimum absolute atomic E-state index is 0.0225. The summed E-state index contributed by atoms with van der Waals surface area (Å²) in [7, 11) is 1.57. The monoisotopic (exact) mass is 461 g/mol. The third kappa shape index (κ3) is 4.65. The molecule has 0 radical (unpaired) electrons. The van der Waals surface area contributed by atoms with Crippen molar-refractivity contribution in [3.8, 4) is 0 Å². The second kappa shape index (κ2) is 9.73. The summed E-state index contributed by atoms with van der Waals surface area (Å²) >= 11 is 2.26. The van der Waals surface area contributed by atoms with Crippen LogP contribution in [0.2, 0.25) is 0 Å². The van der Waals surface area contributed by atoms with E-state index >= 15 is 0 Å². The Kier molecular flexibility index (Phi) is 7.96. The molecule has 1 N–H and O–H groups in total. The van der Waals surface area contributed by atoms with Crippen LogP contribution in [-0.2, 0) is 15.2 Å². The van der Waals surface area contributed by atoms with Gasteiger partial charge in [-0.3, -0.25) is 4.90 Å². The maximum atomic E-state index is 12.4. The van der Waals surface area contributed by atoms with Crippen molar-refractivity contribution in [1.82, 2.24) is 4.90 Å². The normalized spacial score (nSPS) is 17.9. The van der Waals surface area contributed by atoms with E-state index in [1.54, 1.807) is 12.0 Å². The average Bonchev–Trinajstić information content (AvgIpc) is 2.61. The van der Waals surface area contributed by atoms with Gasteiger partial charge in [0.15, 0.2) is 5.72 Å². The van der Waals surface area contributed by atoms with Gasteiger partial charge >= 0.3 is 6.09 Å². The molecule has 1 aliphatic carbocycles. The summed E-state index contributed by atoms with van der Waals surface area (Å²) in [6.45, 7) is 2.11. The zero-order chi connectivity index (χ0) is 18.3. The Bertz CT molecular complexity index is 562. The zero-order valence-corrected chi connectivity index (χ0v) is 17.2. The van der Waals surface area contributed by atoms with Gasteiger partial charge in [0.2, 0.25) is 0 Å². The van der Waals surface area contributed by atoms with Crippen LogP contribution in [0.3, 0.4) is 0 Å². The molecule has 0 bridgehead atoms. The van der Waals surface area contributed by atoms with Crippen molar-refractivity contribution in [1.29, 1.82) is 0 Å². The Hall–Kier alpha value is -0.860. The molecule has 1 saturated carbocycles. The molecule has 1 amide bonds. The van der Waals surface area contributed by atoms with Gasteiger partial charge in [-0.15, -0.1) is 0 Å². The van der Waals surface area contributed by atoms with Crippen molar-refractivity contribution in [2.75, 3.05) is 13.9 Å². The minimum Gasteiger partial charge on any atom is -0.465 e. The van der Waals surface area contributed by atoms with Crippen LogP contribution in [0.5, 0.6) is 0 Å². The molecule has 0 heterocycles. The molecule has 2 rings (SSSR count). The molecule has 0 aromatic heterocycles. The Morgan fingerprint density at radius 1 is 1.32 bits per heavy atom. The number of rotatable bonds is 8. The SMILES string of the molecule is CCC[C@@](OCOC)(c1ccccc1I)N(C(=O)O)C1CCCCC1. The molecule has 0 unspecified atom stereocenters. The number of hydrogen-bond acceptors (Lipinski definition) is 3. The average molecular weight is 461 g/mol. The molecule has 1 aromatic rings. The number of carbonyl (C=O) groups is 1. The van der Waals surface area contributed by atoms with E-state index < -0.39 is 11.8 Å². The third-order valence-corrected chi connectivity index (χ3v) is 5.77. The van der Waals surface area contributed by atoms with Crippen molar-refractivity contribution in [2.24, 2.45) is 0 Å². The number of hydrogen-bond donors (Lipinski definition) is 1. The van der Waals surface area contributed by atoms with E-state index in [2.05, 4.69) is 29.5 Å². The van der Waals surface area contributed by atoms with Gasteiger partial charge in [0, 0.05) is 22.3 Å². The summed E-state index contributed by atoms with van der Waals surface area (Å²) in [6, 6.07) is 7.86. The molecule has 6 heteroatoms. The van der Waals surface area contributed by atoms with E-state index in [0.29, 0.717) is 6.42 Å². The van der Waals surface area contributed by atoms with E-state index in [9.17, 15) is 9.90 Å². The summed E-state index contributed by atoms with van der Waals surface area (Å²) < 4.78 is 12.4. The minimum atomic E-state index is -1.02. The second-order valence-electron chi connectivity index (χ2n) is 6.51. The summed E-state index contributed by atoms with van der Waals surface area (Å²) in [5, 5.41) is 10.1. The smallest absolute Gasteiger partial charge is 0.410 e. The quantitative estimate of drug-likeness (QED) is 0.428. The molecule has 1 atom stereocenters. The van der Waals surface area contributed by atoms with Crippen LogP contribution in [0, 0.1) is 3.57 Å². The summed E-state index contributed by atoms with van der Waals surface area (Å²) in [5.74, 6) is 0. The lowest BCUT2D eigenvalue weighted by Gasteiger charge is -2.47. The Balaban J connectivity index is 2.56. The van der Waals surface area contributed by atoms with Crippen LogP contribution in [0.25, 0.3) is 0 Å². The van der Waals surface area contributed by atoms with Crippen LogP contribution in [0.1, 0.15) is 57.4 Å². The van der Waals surface area contributed by atoms with Gasteiger partial charge < -0.3 is 14.6 Å². The lowest BCUT2D eigenvalue weighted by molar-refractivity contribution is -0.216. The highest BCUT2D eigenvalue weighted by Crippen LogP contribution is 2.41. The summed E-state index contributed by atoms with van der Waals surface area (Å²) in [5.41, 5.74) is -0.112. The van der Waals surface area contributed by atoms with Gasteiger partial charge in [-0.2, -0.15) is 0 Å². The first-order valence-electron chi connectivity index (χ1n) is 8.97. The number of halogens is 1. The van der Waals surface area contributed by atoms with E-state index in [1.165, 1.54) is 6.42 Å². The highest BCUT2D eigenvalue weighted by molar-refractivity contribution is 14.1. The third-order valence-electron chi connectivity index (χ3n) is 4.83. The van der Waals surface area contributed by atoms with Gasteiger partial charge in [-0.1, -0.05) is 50.8 Å². The summed E-state index contributed by atoms with van der Waals surface area (Å²) in [4.78, 5) is 13.9. The molecular formula is C19H28INO4. The lowest BCUT2D eigenvalue weighted by atomic mass is 9.88. The Labute approximate surface area is 163 Å². The molecule has 5 nitrogen and oxygen atoms in total. The van der Waals surface area contributed by atoms with E-state index in [-0.39, 0.29) is 12.8 Å². The standard InChI is InChI=1S/C19H28INO4/c1-3-13-19(25-14-24-2,16-11-7-8-12-17(16)20)21(18(22)23)15-9-5-4-6-10-15/h7-8,11-12,15H,3-6,9-10,13-14H2,1-2H3,(H,22,23)/t19-/m1/s1. The van der Waals surface area contributed by atoms with E-state index in [0.717, 1.165) is 41.2 Å². The van der Waals surface area contributed by atoms with Crippen molar-refractivity contribution in [2.45, 2.75) is 63.6 Å². The van der Waals surface area contributed by atoms with Gasteiger partial charge in [-0.05, 0) is 47.9 Å². The lowest BCUT2D eigenvalue weighted by Crippen LogP contribution is -2.56. The second-order valence-corrected chi connectivity index (χ2v) is 7.67. The van der Waals surface area contributed by atoms with Crippen LogP contribution < -0.4 is 0 Å². The van der Waals surface area contributed by atoms with Gasteiger partial charge in [0.05, 0.1) is 0 Å². The molecular weight excluding hydrogens is 433 g/mol. The molecule has 0 aliphatic heterocycles. The van der Waals surface area contributed by atoms with Crippen molar-refractivity contribution in [3.05, 3.63) is 33.4 Å². The topological polar surface area (TPSA) is 59.0 Å².